The summed E-state index contributed by atoms with van der Waals surface area (Å²) in [6, 6.07) is 3.88. The fourth-order valence-electron chi connectivity index (χ4n) is 1.71. The molecule has 0 aromatic carbocycles. The van der Waals surface area contributed by atoms with E-state index in [1.165, 1.54) is 0 Å². The first-order valence-electron chi connectivity index (χ1n) is 5.51. The fourth-order valence-corrected chi connectivity index (χ4v) is 1.71. The van der Waals surface area contributed by atoms with Crippen LogP contribution in [0.3, 0.4) is 0 Å². The molecule has 0 aliphatic rings. The van der Waals surface area contributed by atoms with E-state index in [9.17, 15) is 4.79 Å². The first kappa shape index (κ1) is 12.5. The molecule has 1 amide bonds. The van der Waals surface area contributed by atoms with Gasteiger partial charge in [-0.1, -0.05) is 13.8 Å². The van der Waals surface area contributed by atoms with Crippen molar-refractivity contribution in [3.63, 3.8) is 0 Å². The quantitative estimate of drug-likeness (QED) is 0.799. The van der Waals surface area contributed by atoms with Crippen LogP contribution in [0, 0.1) is 5.92 Å². The lowest BCUT2D eigenvalue weighted by molar-refractivity contribution is 0.0995. The van der Waals surface area contributed by atoms with Crippen LogP contribution in [0.2, 0.25) is 0 Å². The van der Waals surface area contributed by atoms with Crippen molar-refractivity contribution in [2.45, 2.75) is 33.2 Å². The van der Waals surface area contributed by atoms with E-state index in [-0.39, 0.29) is 0 Å². The van der Waals surface area contributed by atoms with Crippen LogP contribution in [0.15, 0.2) is 18.3 Å². The first-order chi connectivity index (χ1) is 7.49. The Kier molecular flexibility index (Phi) is 4.28. The van der Waals surface area contributed by atoms with E-state index in [2.05, 4.69) is 31.1 Å². The van der Waals surface area contributed by atoms with Crippen LogP contribution in [0.4, 0.5) is 5.69 Å². The number of carbonyl (C=O) groups is 1. The summed E-state index contributed by atoms with van der Waals surface area (Å²) >= 11 is 0. The number of pyridine rings is 1. The third-order valence-corrected chi connectivity index (χ3v) is 2.25. The molecule has 16 heavy (non-hydrogen) atoms. The molecule has 3 N–H and O–H groups in total. The number of aromatic nitrogens is 1. The summed E-state index contributed by atoms with van der Waals surface area (Å²) in [6.07, 6.45) is 2.67. The van der Waals surface area contributed by atoms with Crippen LogP contribution in [0.25, 0.3) is 0 Å². The Morgan fingerprint density at radius 1 is 1.50 bits per heavy atom. The highest BCUT2D eigenvalue weighted by molar-refractivity contribution is 5.91. The SMILES string of the molecule is CC(C)CC(C)Nc1ccnc(C(N)=O)c1. The highest BCUT2D eigenvalue weighted by Crippen LogP contribution is 2.13. The molecular formula is C12H19N3O. The molecule has 4 nitrogen and oxygen atoms in total. The number of hydrogen-bond acceptors (Lipinski definition) is 3. The zero-order valence-corrected chi connectivity index (χ0v) is 10.0. The predicted octanol–water partition coefficient (Wildman–Crippen LogP) is 2.03. The molecule has 0 aliphatic carbocycles. The number of anilines is 1. The van der Waals surface area contributed by atoms with Gasteiger partial charge in [-0.15, -0.1) is 0 Å². The average Bonchev–Trinajstić information content (AvgIpc) is 2.16. The van der Waals surface area contributed by atoms with E-state index in [4.69, 9.17) is 5.73 Å². The number of primary amides is 1. The molecule has 0 saturated heterocycles. The Morgan fingerprint density at radius 2 is 2.19 bits per heavy atom. The molecule has 0 aliphatic heterocycles. The maximum Gasteiger partial charge on any atom is 0.267 e. The van der Waals surface area contributed by atoms with Gasteiger partial charge in [0.05, 0.1) is 0 Å². The summed E-state index contributed by atoms with van der Waals surface area (Å²) in [7, 11) is 0. The summed E-state index contributed by atoms with van der Waals surface area (Å²) in [5.41, 5.74) is 6.34. The molecule has 1 atom stereocenters. The van der Waals surface area contributed by atoms with Gasteiger partial charge in [0.15, 0.2) is 0 Å². The largest absolute Gasteiger partial charge is 0.382 e. The molecule has 0 radical (unpaired) electrons. The molecule has 0 fully saturated rings. The van der Waals surface area contributed by atoms with Crippen molar-refractivity contribution in [3.8, 4) is 0 Å². The standard InChI is InChI=1S/C12H19N3O/c1-8(2)6-9(3)15-10-4-5-14-11(7-10)12(13)16/h4-5,7-9H,6H2,1-3H3,(H2,13,16)(H,14,15). The summed E-state index contributed by atoms with van der Waals surface area (Å²) in [5.74, 6) is 0.139. The smallest absolute Gasteiger partial charge is 0.267 e. The van der Waals surface area contributed by atoms with Gasteiger partial charge in [-0.2, -0.15) is 0 Å². The van der Waals surface area contributed by atoms with E-state index < -0.39 is 5.91 Å². The molecule has 0 spiro atoms. The maximum atomic E-state index is 10.9. The molecule has 1 rings (SSSR count). The van der Waals surface area contributed by atoms with Gasteiger partial charge in [0.2, 0.25) is 0 Å². The van der Waals surface area contributed by atoms with Crippen molar-refractivity contribution >= 4 is 11.6 Å². The van der Waals surface area contributed by atoms with Gasteiger partial charge in [-0.05, 0) is 31.4 Å². The van der Waals surface area contributed by atoms with Crippen molar-refractivity contribution in [2.75, 3.05) is 5.32 Å². The van der Waals surface area contributed by atoms with Crippen molar-refractivity contribution in [1.82, 2.24) is 4.98 Å². The van der Waals surface area contributed by atoms with E-state index in [0.29, 0.717) is 17.7 Å². The van der Waals surface area contributed by atoms with Crippen molar-refractivity contribution in [3.05, 3.63) is 24.0 Å². The summed E-state index contributed by atoms with van der Waals surface area (Å²) < 4.78 is 0. The highest BCUT2D eigenvalue weighted by atomic mass is 16.1. The van der Waals surface area contributed by atoms with Crippen LogP contribution in [0.5, 0.6) is 0 Å². The maximum absolute atomic E-state index is 10.9. The highest BCUT2D eigenvalue weighted by Gasteiger charge is 2.07. The lowest BCUT2D eigenvalue weighted by Gasteiger charge is -2.17. The first-order valence-corrected chi connectivity index (χ1v) is 5.51. The van der Waals surface area contributed by atoms with Crippen LogP contribution < -0.4 is 11.1 Å². The second-order valence-corrected chi connectivity index (χ2v) is 4.47. The van der Waals surface area contributed by atoms with Gasteiger partial charge < -0.3 is 11.1 Å². The minimum atomic E-state index is -0.500. The van der Waals surface area contributed by atoms with Crippen LogP contribution in [-0.4, -0.2) is 16.9 Å². The molecule has 0 bridgehead atoms. The third-order valence-electron chi connectivity index (χ3n) is 2.25. The molecule has 4 heteroatoms. The fraction of sp³-hybridized carbons (Fsp3) is 0.500. The Hall–Kier alpha value is -1.58. The zero-order chi connectivity index (χ0) is 12.1. The topological polar surface area (TPSA) is 68.0 Å². The van der Waals surface area contributed by atoms with Gasteiger partial charge in [0.1, 0.15) is 5.69 Å². The number of nitrogens with one attached hydrogen (secondary N) is 1. The van der Waals surface area contributed by atoms with E-state index >= 15 is 0 Å². The number of nitrogens with two attached hydrogens (primary N) is 1. The van der Waals surface area contributed by atoms with Gasteiger partial charge in [-0.25, -0.2) is 0 Å². The van der Waals surface area contributed by atoms with E-state index in [0.717, 1.165) is 12.1 Å². The minimum absolute atomic E-state index is 0.293. The lowest BCUT2D eigenvalue weighted by Crippen LogP contribution is -2.18. The molecule has 1 heterocycles. The zero-order valence-electron chi connectivity index (χ0n) is 10.0. The number of amides is 1. The van der Waals surface area contributed by atoms with Crippen LogP contribution in [-0.2, 0) is 0 Å². The monoisotopic (exact) mass is 221 g/mol. The van der Waals surface area contributed by atoms with Gasteiger partial charge in [0.25, 0.3) is 5.91 Å². The molecule has 88 valence electrons. The van der Waals surface area contributed by atoms with Crippen molar-refractivity contribution in [1.29, 1.82) is 0 Å². The third kappa shape index (κ3) is 3.88. The lowest BCUT2D eigenvalue weighted by atomic mass is 10.1. The Labute approximate surface area is 96.3 Å². The number of hydrogen-bond donors (Lipinski definition) is 2. The van der Waals surface area contributed by atoms with Gasteiger partial charge in [-0.3, -0.25) is 9.78 Å². The molecule has 1 aromatic rings. The minimum Gasteiger partial charge on any atom is -0.382 e. The van der Waals surface area contributed by atoms with Crippen molar-refractivity contribution < 1.29 is 4.79 Å². The number of carbonyl (C=O) groups excluding carboxylic acids is 1. The second kappa shape index (κ2) is 5.49. The molecule has 0 saturated carbocycles. The van der Waals surface area contributed by atoms with Crippen molar-refractivity contribution in [2.24, 2.45) is 11.7 Å². The Bertz CT molecular complexity index is 363. The Balaban J connectivity index is 2.66. The van der Waals surface area contributed by atoms with Gasteiger partial charge in [0, 0.05) is 17.9 Å². The van der Waals surface area contributed by atoms with E-state index in [1.807, 2.05) is 6.07 Å². The second-order valence-electron chi connectivity index (χ2n) is 4.47. The Morgan fingerprint density at radius 3 is 2.75 bits per heavy atom. The normalized spacial score (nSPS) is 12.5. The predicted molar refractivity (Wildman–Crippen MR) is 65.3 cm³/mol. The summed E-state index contributed by atoms with van der Waals surface area (Å²) in [5, 5.41) is 3.32. The van der Waals surface area contributed by atoms with Crippen LogP contribution in [0.1, 0.15) is 37.7 Å². The van der Waals surface area contributed by atoms with Crippen LogP contribution >= 0.6 is 0 Å². The summed E-state index contributed by atoms with van der Waals surface area (Å²) in [6.45, 7) is 6.48. The van der Waals surface area contributed by atoms with Gasteiger partial charge >= 0.3 is 0 Å². The number of nitrogens with zero attached hydrogens (tertiary/aromatic N) is 1. The van der Waals surface area contributed by atoms with E-state index in [1.54, 1.807) is 12.3 Å². The summed E-state index contributed by atoms with van der Waals surface area (Å²) in [4.78, 5) is 14.8. The molecule has 1 unspecified atom stereocenters. The molecular weight excluding hydrogens is 202 g/mol. The number of rotatable bonds is 5. The average molecular weight is 221 g/mol. The molecule has 1 aromatic heterocycles.